The highest BCUT2D eigenvalue weighted by atomic mass is 16.5. The molecule has 1 aliphatic rings. The predicted octanol–water partition coefficient (Wildman–Crippen LogP) is 2.46. The van der Waals surface area contributed by atoms with Gasteiger partial charge in [0.05, 0.1) is 12.6 Å². The minimum Gasteiger partial charge on any atom is -0.376 e. The number of carbonyl (C=O) groups is 2. The van der Waals surface area contributed by atoms with Crippen LogP contribution >= 0.6 is 0 Å². The summed E-state index contributed by atoms with van der Waals surface area (Å²) in [4.78, 5) is 23.6. The molecule has 1 saturated heterocycles. The van der Waals surface area contributed by atoms with E-state index in [9.17, 15) is 14.8 Å². The van der Waals surface area contributed by atoms with Crippen molar-refractivity contribution < 1.29 is 19.5 Å². The van der Waals surface area contributed by atoms with Crippen LogP contribution in [-0.2, 0) is 4.74 Å². The molecule has 0 aliphatic carbocycles. The first-order valence-corrected chi connectivity index (χ1v) is 8.17. The molecule has 130 valence electrons. The molecule has 1 unspecified atom stereocenters. The molecule has 6 nitrogen and oxygen atoms in total. The molecule has 6 heteroatoms. The van der Waals surface area contributed by atoms with Crippen molar-refractivity contribution in [2.24, 2.45) is 5.73 Å². The molecule has 25 heavy (non-hydrogen) atoms. The molecule has 2 aromatic carbocycles. The monoisotopic (exact) mass is 340 g/mol. The summed E-state index contributed by atoms with van der Waals surface area (Å²) in [7, 11) is 0. The Kier molecular flexibility index (Phi) is 5.11. The molecular weight excluding hydrogens is 320 g/mol. The minimum atomic E-state index is -0.486. The topological polar surface area (TPSA) is 92.9 Å². The van der Waals surface area contributed by atoms with Gasteiger partial charge in [-0.1, -0.05) is 24.3 Å². The number of rotatable bonds is 5. The second-order valence-corrected chi connectivity index (χ2v) is 6.04. The number of hydrogen-bond donors (Lipinski definition) is 2. The maximum atomic E-state index is 12.4. The molecule has 0 radical (unpaired) electrons. The van der Waals surface area contributed by atoms with Crippen LogP contribution in [0.1, 0.15) is 33.6 Å². The Hall–Kier alpha value is -2.70. The van der Waals surface area contributed by atoms with E-state index in [2.05, 4.69) is 0 Å². The van der Waals surface area contributed by atoms with Gasteiger partial charge < -0.3 is 10.5 Å². The third-order valence-electron chi connectivity index (χ3n) is 4.25. The smallest absolute Gasteiger partial charge is 0.277 e. The van der Waals surface area contributed by atoms with Crippen molar-refractivity contribution in [1.29, 1.82) is 0 Å². The Morgan fingerprint density at radius 1 is 1.12 bits per heavy atom. The highest BCUT2D eigenvalue weighted by Crippen LogP contribution is 2.22. The number of carbonyl (C=O) groups excluding carboxylic acids is 2. The van der Waals surface area contributed by atoms with Crippen LogP contribution in [0.25, 0.3) is 11.1 Å². The Bertz CT molecular complexity index is 767. The lowest BCUT2D eigenvalue weighted by molar-refractivity contribution is -0.0823. The SMILES string of the molecule is NC(=O)c1ccc(-c2cccc(C(=O)N(O)CC3CCCO3)c2)cc1. The number of nitrogens with two attached hydrogens (primary N) is 1. The van der Waals surface area contributed by atoms with E-state index in [0.29, 0.717) is 22.8 Å². The van der Waals surface area contributed by atoms with Crippen LogP contribution in [0.3, 0.4) is 0 Å². The lowest BCUT2D eigenvalue weighted by atomic mass is 10.0. The quantitative estimate of drug-likeness (QED) is 0.646. The van der Waals surface area contributed by atoms with Gasteiger partial charge in [-0.15, -0.1) is 0 Å². The summed E-state index contributed by atoms with van der Waals surface area (Å²) in [6.45, 7) is 0.833. The van der Waals surface area contributed by atoms with Crippen LogP contribution in [-0.4, -0.2) is 41.3 Å². The number of benzene rings is 2. The van der Waals surface area contributed by atoms with Crippen molar-refractivity contribution in [3.63, 3.8) is 0 Å². The first kappa shape index (κ1) is 17.1. The van der Waals surface area contributed by atoms with E-state index in [1.54, 1.807) is 42.5 Å². The zero-order valence-electron chi connectivity index (χ0n) is 13.7. The first-order chi connectivity index (χ1) is 12.0. The molecule has 2 amide bonds. The summed E-state index contributed by atoms with van der Waals surface area (Å²) >= 11 is 0. The van der Waals surface area contributed by atoms with Crippen LogP contribution in [0.2, 0.25) is 0 Å². The number of amides is 2. The van der Waals surface area contributed by atoms with E-state index < -0.39 is 11.8 Å². The zero-order chi connectivity index (χ0) is 17.8. The number of nitrogens with zero attached hydrogens (tertiary/aromatic N) is 1. The van der Waals surface area contributed by atoms with Crippen molar-refractivity contribution in [2.75, 3.05) is 13.2 Å². The van der Waals surface area contributed by atoms with E-state index in [1.165, 1.54) is 0 Å². The van der Waals surface area contributed by atoms with Crippen molar-refractivity contribution in [3.05, 3.63) is 59.7 Å². The maximum absolute atomic E-state index is 12.4. The van der Waals surface area contributed by atoms with Crippen molar-refractivity contribution in [3.8, 4) is 11.1 Å². The van der Waals surface area contributed by atoms with Gasteiger partial charge in [0, 0.05) is 17.7 Å². The summed E-state index contributed by atoms with van der Waals surface area (Å²) in [5, 5.41) is 10.8. The molecular formula is C19H20N2O4. The second-order valence-electron chi connectivity index (χ2n) is 6.04. The largest absolute Gasteiger partial charge is 0.376 e. The van der Waals surface area contributed by atoms with Gasteiger partial charge in [0.2, 0.25) is 5.91 Å². The minimum absolute atomic E-state index is 0.113. The molecule has 1 fully saturated rings. The lowest BCUT2D eigenvalue weighted by Crippen LogP contribution is -2.34. The number of hydroxylamine groups is 2. The van der Waals surface area contributed by atoms with Crippen LogP contribution < -0.4 is 5.73 Å². The van der Waals surface area contributed by atoms with Crippen LogP contribution in [0.15, 0.2) is 48.5 Å². The van der Waals surface area contributed by atoms with Gasteiger partial charge in [0.25, 0.3) is 5.91 Å². The van der Waals surface area contributed by atoms with Gasteiger partial charge in [-0.2, -0.15) is 0 Å². The van der Waals surface area contributed by atoms with Gasteiger partial charge in [-0.05, 0) is 48.2 Å². The van der Waals surface area contributed by atoms with E-state index in [0.717, 1.165) is 24.0 Å². The Morgan fingerprint density at radius 2 is 1.88 bits per heavy atom. The van der Waals surface area contributed by atoms with E-state index in [-0.39, 0.29) is 12.6 Å². The molecule has 3 N–H and O–H groups in total. The summed E-state index contributed by atoms with van der Waals surface area (Å²) in [6.07, 6.45) is 1.68. The van der Waals surface area contributed by atoms with E-state index in [1.807, 2.05) is 6.07 Å². The summed E-state index contributed by atoms with van der Waals surface area (Å²) in [5.74, 6) is -0.952. The molecule has 0 aromatic heterocycles. The fourth-order valence-electron chi connectivity index (χ4n) is 2.87. The normalized spacial score (nSPS) is 16.6. The first-order valence-electron chi connectivity index (χ1n) is 8.17. The highest BCUT2D eigenvalue weighted by molar-refractivity contribution is 5.95. The summed E-state index contributed by atoms with van der Waals surface area (Å²) < 4.78 is 5.44. The number of hydrogen-bond acceptors (Lipinski definition) is 4. The van der Waals surface area contributed by atoms with E-state index in [4.69, 9.17) is 10.5 Å². The average molecular weight is 340 g/mol. The fraction of sp³-hybridized carbons (Fsp3) is 0.263. The summed E-state index contributed by atoms with van der Waals surface area (Å²) in [5.41, 5.74) is 7.71. The van der Waals surface area contributed by atoms with Gasteiger partial charge in [-0.3, -0.25) is 14.8 Å². The molecule has 1 heterocycles. The average Bonchev–Trinajstić information content (AvgIpc) is 3.14. The molecule has 1 atom stereocenters. The van der Waals surface area contributed by atoms with Crippen LogP contribution in [0.5, 0.6) is 0 Å². The highest BCUT2D eigenvalue weighted by Gasteiger charge is 2.22. The van der Waals surface area contributed by atoms with Crippen molar-refractivity contribution in [2.45, 2.75) is 18.9 Å². The number of ether oxygens (including phenoxy) is 1. The number of primary amides is 1. The molecule has 3 rings (SSSR count). The molecule has 0 spiro atoms. The Balaban J connectivity index is 1.76. The molecule has 0 bridgehead atoms. The maximum Gasteiger partial charge on any atom is 0.277 e. The zero-order valence-corrected chi connectivity index (χ0v) is 13.7. The van der Waals surface area contributed by atoms with Crippen molar-refractivity contribution >= 4 is 11.8 Å². The standard InChI is InChI=1S/C19H20N2O4/c20-18(22)14-8-6-13(7-9-14)15-3-1-4-16(11-15)19(23)21(24)12-17-5-2-10-25-17/h1,3-4,6-9,11,17,24H,2,5,10,12H2,(H2,20,22). The van der Waals surface area contributed by atoms with Crippen LogP contribution in [0, 0.1) is 0 Å². The fourth-order valence-corrected chi connectivity index (χ4v) is 2.87. The summed E-state index contributed by atoms with van der Waals surface area (Å²) in [6, 6.07) is 13.8. The third-order valence-corrected chi connectivity index (χ3v) is 4.25. The van der Waals surface area contributed by atoms with Gasteiger partial charge >= 0.3 is 0 Å². The molecule has 1 aliphatic heterocycles. The van der Waals surface area contributed by atoms with Crippen LogP contribution in [0.4, 0.5) is 0 Å². The molecule has 0 saturated carbocycles. The van der Waals surface area contributed by atoms with Crippen molar-refractivity contribution in [1.82, 2.24) is 5.06 Å². The van der Waals surface area contributed by atoms with E-state index >= 15 is 0 Å². The van der Waals surface area contributed by atoms with Gasteiger partial charge in [0.1, 0.15) is 0 Å². The lowest BCUT2D eigenvalue weighted by Gasteiger charge is -2.19. The Labute approximate surface area is 145 Å². The van der Waals surface area contributed by atoms with Gasteiger partial charge in [-0.25, -0.2) is 5.06 Å². The predicted molar refractivity (Wildman–Crippen MR) is 92.2 cm³/mol. The van der Waals surface area contributed by atoms with Gasteiger partial charge in [0.15, 0.2) is 0 Å². The Morgan fingerprint density at radius 3 is 2.52 bits per heavy atom. The third kappa shape index (κ3) is 4.04. The second kappa shape index (κ2) is 7.46. The molecule has 2 aromatic rings.